The zero-order valence-corrected chi connectivity index (χ0v) is 11.2. The maximum Gasteiger partial charge on any atom is 0.136 e. The minimum atomic E-state index is 0.910. The summed E-state index contributed by atoms with van der Waals surface area (Å²) in [5.41, 5.74) is 0. The molecule has 15 heavy (non-hydrogen) atoms. The van der Waals surface area contributed by atoms with E-state index in [1.165, 1.54) is 30.3 Å². The molecule has 0 spiro atoms. The Morgan fingerprint density at radius 1 is 1.20 bits per heavy atom. The summed E-state index contributed by atoms with van der Waals surface area (Å²) >= 11 is 0. The molecule has 2 aliphatic rings. The van der Waals surface area contributed by atoms with E-state index in [9.17, 15) is 0 Å². The van der Waals surface area contributed by atoms with Gasteiger partial charge in [-0.05, 0) is 19.8 Å². The lowest BCUT2D eigenvalue weighted by Gasteiger charge is -2.34. The molecular formula is C14H28N+. The van der Waals surface area contributed by atoms with E-state index in [1.54, 1.807) is 0 Å². The fraction of sp³-hybridized carbons (Fsp3) is 1.00. The van der Waals surface area contributed by atoms with Gasteiger partial charge in [-0.25, -0.2) is 0 Å². The summed E-state index contributed by atoms with van der Waals surface area (Å²) in [5.74, 6) is 1.92. The smallest absolute Gasteiger partial charge is 0.136 e. The molecule has 0 aromatic rings. The molecule has 6 atom stereocenters. The van der Waals surface area contributed by atoms with Crippen LogP contribution in [-0.4, -0.2) is 29.2 Å². The van der Waals surface area contributed by atoms with Gasteiger partial charge in [0.05, 0.1) is 12.1 Å². The molecule has 88 valence electrons. The standard InChI is InChI=1S/C14H28N/c1-6-10(3)13(7-2)15(9-12(15)5)14-8-11(14)4/h10-14H,6-9H2,1-5H3/q+1. The highest BCUT2D eigenvalue weighted by atomic mass is 15.6. The maximum atomic E-state index is 2.47. The lowest BCUT2D eigenvalue weighted by Crippen LogP contribution is -2.45. The van der Waals surface area contributed by atoms with Gasteiger partial charge in [0.2, 0.25) is 0 Å². The molecule has 0 amide bonds. The monoisotopic (exact) mass is 210 g/mol. The van der Waals surface area contributed by atoms with Crippen LogP contribution in [0.25, 0.3) is 0 Å². The predicted octanol–water partition coefficient (Wildman–Crippen LogP) is 3.44. The van der Waals surface area contributed by atoms with Crippen LogP contribution in [0, 0.1) is 11.8 Å². The van der Waals surface area contributed by atoms with Gasteiger partial charge >= 0.3 is 0 Å². The van der Waals surface area contributed by atoms with Crippen molar-refractivity contribution in [3.63, 3.8) is 0 Å². The Morgan fingerprint density at radius 3 is 2.00 bits per heavy atom. The average molecular weight is 210 g/mol. The minimum Gasteiger partial charge on any atom is -0.307 e. The highest BCUT2D eigenvalue weighted by Crippen LogP contribution is 2.53. The zero-order valence-electron chi connectivity index (χ0n) is 11.2. The van der Waals surface area contributed by atoms with Crippen LogP contribution in [0.4, 0.5) is 0 Å². The molecule has 6 unspecified atom stereocenters. The Balaban J connectivity index is 2.11. The Labute approximate surface area is 95.4 Å². The normalized spacial score (nSPS) is 47.4. The van der Waals surface area contributed by atoms with E-state index >= 15 is 0 Å². The van der Waals surface area contributed by atoms with Crippen molar-refractivity contribution in [3.05, 3.63) is 0 Å². The molecule has 1 aliphatic carbocycles. The first-order valence-electron chi connectivity index (χ1n) is 6.94. The molecule has 0 N–H and O–H groups in total. The van der Waals surface area contributed by atoms with Crippen LogP contribution >= 0.6 is 0 Å². The quantitative estimate of drug-likeness (QED) is 0.482. The Morgan fingerprint density at radius 2 is 1.73 bits per heavy atom. The van der Waals surface area contributed by atoms with E-state index in [4.69, 9.17) is 0 Å². The van der Waals surface area contributed by atoms with Gasteiger partial charge in [0.25, 0.3) is 0 Å². The van der Waals surface area contributed by atoms with Crippen molar-refractivity contribution >= 4 is 0 Å². The summed E-state index contributed by atoms with van der Waals surface area (Å²) in [7, 11) is 0. The molecule has 1 heterocycles. The SMILES string of the molecule is CCC(C)C(CC)[N+]1(C2CC2C)CC1C. The first-order chi connectivity index (χ1) is 7.07. The molecule has 0 aromatic heterocycles. The fourth-order valence-electron chi connectivity index (χ4n) is 4.04. The van der Waals surface area contributed by atoms with Gasteiger partial charge in [-0.2, -0.15) is 0 Å². The molecule has 0 radical (unpaired) electrons. The van der Waals surface area contributed by atoms with Crippen molar-refractivity contribution in [1.82, 2.24) is 0 Å². The van der Waals surface area contributed by atoms with Gasteiger partial charge < -0.3 is 4.48 Å². The highest BCUT2D eigenvalue weighted by molar-refractivity contribution is 4.94. The summed E-state index contributed by atoms with van der Waals surface area (Å²) in [6, 6.07) is 2.93. The molecule has 1 nitrogen and oxygen atoms in total. The van der Waals surface area contributed by atoms with Crippen LogP contribution in [-0.2, 0) is 0 Å². The van der Waals surface area contributed by atoms with Crippen molar-refractivity contribution in [2.24, 2.45) is 11.8 Å². The third-order valence-electron chi connectivity index (χ3n) is 5.29. The molecule has 1 saturated heterocycles. The van der Waals surface area contributed by atoms with Crippen LogP contribution in [0.3, 0.4) is 0 Å². The number of hydrogen-bond acceptors (Lipinski definition) is 0. The lowest BCUT2D eigenvalue weighted by atomic mass is 9.94. The van der Waals surface area contributed by atoms with Gasteiger partial charge in [-0.15, -0.1) is 0 Å². The summed E-state index contributed by atoms with van der Waals surface area (Å²) in [4.78, 5) is 0. The molecule has 0 bridgehead atoms. The Hall–Kier alpha value is -0.0400. The molecular weight excluding hydrogens is 182 g/mol. The van der Waals surface area contributed by atoms with Crippen LogP contribution in [0.2, 0.25) is 0 Å². The molecule has 2 rings (SSSR count). The van der Waals surface area contributed by atoms with Crippen molar-refractivity contribution in [3.8, 4) is 0 Å². The van der Waals surface area contributed by atoms with Crippen LogP contribution in [0.1, 0.15) is 53.9 Å². The predicted molar refractivity (Wildman–Crippen MR) is 65.7 cm³/mol. The second-order valence-electron chi connectivity index (χ2n) is 6.17. The first kappa shape index (κ1) is 11.4. The number of nitrogens with zero attached hydrogens (tertiary/aromatic N) is 1. The van der Waals surface area contributed by atoms with Gasteiger partial charge in [0, 0.05) is 18.3 Å². The van der Waals surface area contributed by atoms with Crippen molar-refractivity contribution in [2.45, 2.75) is 72.0 Å². The van der Waals surface area contributed by atoms with Crippen molar-refractivity contribution in [2.75, 3.05) is 6.54 Å². The van der Waals surface area contributed by atoms with Gasteiger partial charge in [0.1, 0.15) is 12.6 Å². The molecule has 2 fully saturated rings. The van der Waals surface area contributed by atoms with Gasteiger partial charge in [-0.1, -0.05) is 27.7 Å². The van der Waals surface area contributed by atoms with E-state index in [2.05, 4.69) is 34.6 Å². The lowest BCUT2D eigenvalue weighted by molar-refractivity contribution is -0.857. The molecule has 0 aromatic carbocycles. The number of quaternary nitrogens is 1. The summed E-state index contributed by atoms with van der Waals surface area (Å²) in [6.07, 6.45) is 4.23. The summed E-state index contributed by atoms with van der Waals surface area (Å²) < 4.78 is 1.49. The minimum absolute atomic E-state index is 0.910. The zero-order chi connectivity index (χ0) is 11.2. The summed E-state index contributed by atoms with van der Waals surface area (Å²) in [6.45, 7) is 13.6. The number of hydrogen-bond donors (Lipinski definition) is 0. The molecule has 1 saturated carbocycles. The van der Waals surface area contributed by atoms with Crippen LogP contribution in [0.15, 0.2) is 0 Å². The third kappa shape index (κ3) is 1.63. The number of rotatable bonds is 5. The van der Waals surface area contributed by atoms with Crippen LogP contribution in [0.5, 0.6) is 0 Å². The second kappa shape index (κ2) is 3.76. The van der Waals surface area contributed by atoms with Crippen LogP contribution < -0.4 is 0 Å². The van der Waals surface area contributed by atoms with E-state index < -0.39 is 0 Å². The van der Waals surface area contributed by atoms with E-state index in [1.807, 2.05) is 0 Å². The van der Waals surface area contributed by atoms with E-state index in [-0.39, 0.29) is 0 Å². The Bertz CT molecular complexity index is 237. The molecule has 1 aliphatic heterocycles. The average Bonchev–Trinajstić information content (AvgIpc) is 3.07. The summed E-state index contributed by atoms with van der Waals surface area (Å²) in [5, 5.41) is 0. The topological polar surface area (TPSA) is 0 Å². The van der Waals surface area contributed by atoms with Gasteiger partial charge in [0.15, 0.2) is 0 Å². The van der Waals surface area contributed by atoms with Crippen molar-refractivity contribution in [1.29, 1.82) is 0 Å². The Kier molecular flexibility index (Phi) is 2.87. The maximum absolute atomic E-state index is 2.47. The van der Waals surface area contributed by atoms with E-state index in [0.29, 0.717) is 0 Å². The first-order valence-corrected chi connectivity index (χ1v) is 6.94. The molecule has 1 heteroatoms. The van der Waals surface area contributed by atoms with Crippen molar-refractivity contribution < 1.29 is 4.48 Å². The van der Waals surface area contributed by atoms with E-state index in [0.717, 1.165) is 30.0 Å². The third-order valence-corrected chi connectivity index (χ3v) is 5.29. The second-order valence-corrected chi connectivity index (χ2v) is 6.17. The van der Waals surface area contributed by atoms with Gasteiger partial charge in [-0.3, -0.25) is 0 Å². The fourth-order valence-corrected chi connectivity index (χ4v) is 4.04. The largest absolute Gasteiger partial charge is 0.307 e. The highest BCUT2D eigenvalue weighted by Gasteiger charge is 2.67.